The molecule has 0 bridgehead atoms. The summed E-state index contributed by atoms with van der Waals surface area (Å²) in [7, 11) is 9.87. The van der Waals surface area contributed by atoms with Gasteiger partial charge in [0.2, 0.25) is 0 Å². The third-order valence-electron chi connectivity index (χ3n) is 1.52. The summed E-state index contributed by atoms with van der Waals surface area (Å²) in [5, 5.41) is 16.4. The Morgan fingerprint density at radius 2 is 1.07 bits per heavy atom. The summed E-state index contributed by atoms with van der Waals surface area (Å²) in [5.41, 5.74) is 0. The average molecular weight is 338 g/mol. The second-order valence-corrected chi connectivity index (χ2v) is 6.66. The normalized spacial score (nSPS) is 8.13. The van der Waals surface area contributed by atoms with Crippen molar-refractivity contribution in [2.75, 3.05) is 13.2 Å². The van der Waals surface area contributed by atoms with Crippen LogP contribution in [-0.2, 0) is 20.8 Å². The molecule has 0 spiro atoms. The number of hydrogen-bond donors (Lipinski definition) is 2. The molecule has 0 fully saturated rings. The van der Waals surface area contributed by atoms with Gasteiger partial charge in [-0.15, -0.1) is 0 Å². The second kappa shape index (κ2) is 29.5. The Morgan fingerprint density at radius 1 is 0.800 bits per heavy atom. The number of aliphatic hydroxyl groups is 2. The first-order valence-corrected chi connectivity index (χ1v) is 11.8. The summed E-state index contributed by atoms with van der Waals surface area (Å²) in [5.74, 6) is 0. The van der Waals surface area contributed by atoms with Crippen LogP contribution in [0.15, 0.2) is 0 Å². The topological polar surface area (TPSA) is 40.5 Å². The molecular formula is C10H24Cl2O2Zr. The van der Waals surface area contributed by atoms with Crippen LogP contribution in [0.2, 0.25) is 0 Å². The maximum atomic E-state index is 8.20. The van der Waals surface area contributed by atoms with E-state index in [1.807, 2.05) is 0 Å². The van der Waals surface area contributed by atoms with E-state index in [4.69, 9.17) is 27.2 Å². The molecule has 0 heterocycles. The predicted molar refractivity (Wildman–Crippen MR) is 64.9 cm³/mol. The van der Waals surface area contributed by atoms with Crippen molar-refractivity contribution >= 4 is 17.0 Å². The van der Waals surface area contributed by atoms with E-state index in [2.05, 4.69) is 13.8 Å². The average Bonchev–Trinajstić information content (AvgIpc) is 2.25. The Bertz CT molecular complexity index is 62.4. The molecule has 0 aromatic heterocycles. The summed E-state index contributed by atoms with van der Waals surface area (Å²) in [6.07, 6.45) is 6.65. The zero-order valence-electron chi connectivity index (χ0n) is 9.81. The molecule has 0 aromatic carbocycles. The van der Waals surface area contributed by atoms with Gasteiger partial charge in [0.15, 0.2) is 0 Å². The molecule has 0 saturated carbocycles. The summed E-state index contributed by atoms with van der Waals surface area (Å²) in [6.45, 7) is 4.95. The van der Waals surface area contributed by atoms with Gasteiger partial charge in [-0.2, -0.15) is 0 Å². The van der Waals surface area contributed by atoms with E-state index in [9.17, 15) is 0 Å². The first kappa shape index (κ1) is 21.6. The van der Waals surface area contributed by atoms with Crippen molar-refractivity contribution in [1.82, 2.24) is 0 Å². The molecular weight excluding hydrogens is 314 g/mol. The SMILES string of the molecule is CCCCCO.CCCCCO.[Cl][Zr][Cl]. The maximum absolute atomic E-state index is 8.20. The van der Waals surface area contributed by atoms with Gasteiger partial charge in [0.1, 0.15) is 0 Å². The Hall–Kier alpha value is 1.38. The zero-order valence-corrected chi connectivity index (χ0v) is 13.8. The van der Waals surface area contributed by atoms with Crippen LogP contribution in [0.1, 0.15) is 52.4 Å². The van der Waals surface area contributed by atoms with Gasteiger partial charge in [0.05, 0.1) is 0 Å². The van der Waals surface area contributed by atoms with Crippen molar-refractivity contribution in [3.05, 3.63) is 0 Å². The van der Waals surface area contributed by atoms with E-state index in [0.717, 1.165) is 25.7 Å². The van der Waals surface area contributed by atoms with Crippen LogP contribution in [0.5, 0.6) is 0 Å². The minimum atomic E-state index is -0.826. The van der Waals surface area contributed by atoms with Crippen LogP contribution >= 0.6 is 17.0 Å². The van der Waals surface area contributed by atoms with Crippen LogP contribution in [-0.4, -0.2) is 23.4 Å². The van der Waals surface area contributed by atoms with Gasteiger partial charge in [-0.25, -0.2) is 0 Å². The predicted octanol–water partition coefficient (Wildman–Crippen LogP) is 3.71. The molecule has 0 atom stereocenters. The molecule has 0 rings (SSSR count). The summed E-state index contributed by atoms with van der Waals surface area (Å²) < 4.78 is 0. The van der Waals surface area contributed by atoms with Gasteiger partial charge >= 0.3 is 37.9 Å². The first-order valence-electron chi connectivity index (χ1n) is 5.42. The van der Waals surface area contributed by atoms with Gasteiger partial charge in [-0.1, -0.05) is 39.5 Å². The fourth-order valence-electron chi connectivity index (χ4n) is 0.724. The van der Waals surface area contributed by atoms with Crippen molar-refractivity contribution in [1.29, 1.82) is 0 Å². The number of rotatable bonds is 6. The molecule has 2 N–H and O–H groups in total. The molecule has 0 amide bonds. The van der Waals surface area contributed by atoms with E-state index in [0.29, 0.717) is 13.2 Å². The molecule has 5 heteroatoms. The Balaban J connectivity index is -0.000000153. The van der Waals surface area contributed by atoms with Crippen LogP contribution < -0.4 is 0 Å². The molecule has 0 unspecified atom stereocenters. The Morgan fingerprint density at radius 3 is 1.13 bits per heavy atom. The molecule has 0 aliphatic rings. The first-order chi connectivity index (χ1) is 7.24. The molecule has 0 aliphatic carbocycles. The number of hydrogen-bond acceptors (Lipinski definition) is 2. The molecule has 2 nitrogen and oxygen atoms in total. The zero-order chi connectivity index (χ0) is 12.4. The van der Waals surface area contributed by atoms with Crippen LogP contribution in [0.25, 0.3) is 0 Å². The van der Waals surface area contributed by atoms with E-state index in [1.165, 1.54) is 12.8 Å². The van der Waals surface area contributed by atoms with Crippen molar-refractivity contribution < 1.29 is 31.1 Å². The monoisotopic (exact) mass is 336 g/mol. The van der Waals surface area contributed by atoms with Crippen LogP contribution in [0.3, 0.4) is 0 Å². The van der Waals surface area contributed by atoms with E-state index in [-0.39, 0.29) is 0 Å². The number of aliphatic hydroxyl groups excluding tert-OH is 2. The summed E-state index contributed by atoms with van der Waals surface area (Å²) in [6, 6.07) is 0. The summed E-state index contributed by atoms with van der Waals surface area (Å²) >= 11 is -0.826. The fraction of sp³-hybridized carbons (Fsp3) is 1.00. The van der Waals surface area contributed by atoms with Crippen molar-refractivity contribution in [2.24, 2.45) is 0 Å². The Kier molecular flexibility index (Phi) is 42.6. The molecule has 0 aliphatic heterocycles. The van der Waals surface area contributed by atoms with Gasteiger partial charge in [0, 0.05) is 13.2 Å². The van der Waals surface area contributed by atoms with E-state index in [1.54, 1.807) is 0 Å². The molecule has 0 saturated heterocycles. The van der Waals surface area contributed by atoms with Crippen molar-refractivity contribution in [3.8, 4) is 0 Å². The summed E-state index contributed by atoms with van der Waals surface area (Å²) in [4.78, 5) is 0. The van der Waals surface area contributed by atoms with Gasteiger partial charge in [-0.3, -0.25) is 0 Å². The Labute approximate surface area is 113 Å². The van der Waals surface area contributed by atoms with E-state index < -0.39 is 20.8 Å². The van der Waals surface area contributed by atoms with Crippen LogP contribution in [0.4, 0.5) is 0 Å². The van der Waals surface area contributed by atoms with E-state index >= 15 is 0 Å². The number of halogens is 2. The van der Waals surface area contributed by atoms with Crippen molar-refractivity contribution in [2.45, 2.75) is 52.4 Å². The quantitative estimate of drug-likeness (QED) is 0.725. The molecule has 0 aromatic rings. The van der Waals surface area contributed by atoms with Gasteiger partial charge in [0.25, 0.3) is 0 Å². The second-order valence-electron chi connectivity index (χ2n) is 2.93. The number of unbranched alkanes of at least 4 members (excludes halogenated alkanes) is 4. The molecule has 15 heavy (non-hydrogen) atoms. The minimum absolute atomic E-state index is 0.355. The third-order valence-corrected chi connectivity index (χ3v) is 1.52. The third kappa shape index (κ3) is 50.5. The standard InChI is InChI=1S/2C5H12O.2ClH.Zr/c2*1-2-3-4-5-6;;;/h2*6H,2-5H2,1H3;2*1H;/q;;;;+2/p-2. The molecule has 94 valence electrons. The van der Waals surface area contributed by atoms with Gasteiger partial charge < -0.3 is 10.2 Å². The van der Waals surface area contributed by atoms with Gasteiger partial charge in [-0.05, 0) is 12.8 Å². The fourth-order valence-corrected chi connectivity index (χ4v) is 0.724. The molecule has 0 radical (unpaired) electrons. The van der Waals surface area contributed by atoms with Crippen molar-refractivity contribution in [3.63, 3.8) is 0 Å². The van der Waals surface area contributed by atoms with Crippen LogP contribution in [0, 0.1) is 0 Å².